The van der Waals surface area contributed by atoms with Crippen molar-refractivity contribution in [1.82, 2.24) is 9.78 Å². The van der Waals surface area contributed by atoms with Crippen LogP contribution in [0.15, 0.2) is 36.7 Å². The van der Waals surface area contributed by atoms with E-state index in [1.807, 2.05) is 31.2 Å². The Morgan fingerprint density at radius 3 is 2.81 bits per heavy atom. The molecule has 0 unspecified atom stereocenters. The van der Waals surface area contributed by atoms with Crippen LogP contribution in [0.5, 0.6) is 0 Å². The summed E-state index contributed by atoms with van der Waals surface area (Å²) in [4.78, 5) is 22.3. The third-order valence-electron chi connectivity index (χ3n) is 3.23. The van der Waals surface area contributed by atoms with Gasteiger partial charge < -0.3 is 5.32 Å². The van der Waals surface area contributed by atoms with E-state index in [0.29, 0.717) is 0 Å². The van der Waals surface area contributed by atoms with Gasteiger partial charge in [-0.15, -0.1) is 0 Å². The average Bonchev–Trinajstić information content (AvgIpc) is 2.97. The van der Waals surface area contributed by atoms with Crippen LogP contribution < -0.4 is 5.32 Å². The third kappa shape index (κ3) is 3.25. The number of carbonyl (C=O) groups is 1. The summed E-state index contributed by atoms with van der Waals surface area (Å²) in [6, 6.07) is 6.89. The maximum absolute atomic E-state index is 12.2. The largest absolute Gasteiger partial charge is 0.324 e. The lowest BCUT2D eigenvalue weighted by atomic mass is 10.1. The van der Waals surface area contributed by atoms with E-state index >= 15 is 0 Å². The summed E-state index contributed by atoms with van der Waals surface area (Å²) < 4.78 is 1.28. The van der Waals surface area contributed by atoms with Gasteiger partial charge in [0, 0.05) is 5.69 Å². The van der Waals surface area contributed by atoms with E-state index in [4.69, 9.17) is 0 Å². The number of nitrogens with zero attached hydrogens (tertiary/aromatic N) is 3. The van der Waals surface area contributed by atoms with Crippen molar-refractivity contribution < 1.29 is 9.72 Å². The quantitative estimate of drug-likeness (QED) is 0.676. The molecular weight excluding hydrogens is 272 g/mol. The number of amides is 1. The fourth-order valence-corrected chi connectivity index (χ4v) is 1.94. The monoisotopic (exact) mass is 288 g/mol. The summed E-state index contributed by atoms with van der Waals surface area (Å²) in [7, 11) is 0. The van der Waals surface area contributed by atoms with Gasteiger partial charge in [-0.25, -0.2) is 0 Å². The van der Waals surface area contributed by atoms with Crippen molar-refractivity contribution >= 4 is 17.3 Å². The molecular formula is C14H16N4O3. The number of rotatable bonds is 5. The second-order valence-electron chi connectivity index (χ2n) is 4.61. The predicted octanol–water partition coefficient (Wildman–Crippen LogP) is 2.55. The number of hydrogen-bond donors (Lipinski definition) is 1. The number of aromatic nitrogens is 2. The van der Waals surface area contributed by atoms with E-state index in [1.54, 1.807) is 6.92 Å². The fourth-order valence-electron chi connectivity index (χ4n) is 1.94. The highest BCUT2D eigenvalue weighted by atomic mass is 16.6. The predicted molar refractivity (Wildman–Crippen MR) is 78.0 cm³/mol. The molecule has 1 amide bonds. The molecule has 7 nitrogen and oxygen atoms in total. The molecule has 0 aliphatic heterocycles. The molecule has 0 spiro atoms. The number of anilines is 1. The molecule has 0 aliphatic carbocycles. The van der Waals surface area contributed by atoms with E-state index in [1.165, 1.54) is 10.9 Å². The highest BCUT2D eigenvalue weighted by Crippen LogP contribution is 2.18. The van der Waals surface area contributed by atoms with Gasteiger partial charge in [0.25, 0.3) is 0 Å². The lowest BCUT2D eigenvalue weighted by Gasteiger charge is -2.14. The van der Waals surface area contributed by atoms with Crippen molar-refractivity contribution in [3.8, 4) is 0 Å². The lowest BCUT2D eigenvalue weighted by molar-refractivity contribution is -0.385. The Balaban J connectivity index is 2.13. The van der Waals surface area contributed by atoms with E-state index in [9.17, 15) is 14.9 Å². The van der Waals surface area contributed by atoms with E-state index < -0.39 is 11.0 Å². The molecule has 0 saturated heterocycles. The van der Waals surface area contributed by atoms with Gasteiger partial charge in [-0.1, -0.05) is 25.1 Å². The number of carbonyl (C=O) groups excluding carboxylic acids is 1. The third-order valence-corrected chi connectivity index (χ3v) is 3.23. The van der Waals surface area contributed by atoms with Crippen molar-refractivity contribution in [3.05, 3.63) is 52.3 Å². The molecule has 110 valence electrons. The van der Waals surface area contributed by atoms with Gasteiger partial charge in [0.1, 0.15) is 18.4 Å². The maximum Gasteiger partial charge on any atom is 0.307 e. The van der Waals surface area contributed by atoms with Crippen LogP contribution in [0.1, 0.15) is 25.5 Å². The zero-order valence-electron chi connectivity index (χ0n) is 11.8. The lowest BCUT2D eigenvalue weighted by Crippen LogP contribution is -2.24. The SMILES string of the molecule is CCc1ccccc1NC(=O)[C@H](C)n1cc([N+](=O)[O-])cn1. The van der Waals surface area contributed by atoms with Crippen molar-refractivity contribution in [2.45, 2.75) is 26.3 Å². The number of para-hydroxylation sites is 1. The summed E-state index contributed by atoms with van der Waals surface area (Å²) in [6.45, 7) is 3.64. The second kappa shape index (κ2) is 6.17. The Hall–Kier alpha value is -2.70. The van der Waals surface area contributed by atoms with E-state index in [0.717, 1.165) is 23.9 Å². The van der Waals surface area contributed by atoms with E-state index in [2.05, 4.69) is 10.4 Å². The molecule has 0 bridgehead atoms. The molecule has 1 aromatic heterocycles. The van der Waals surface area contributed by atoms with Gasteiger partial charge in [-0.3, -0.25) is 19.6 Å². The Kier molecular flexibility index (Phi) is 4.32. The van der Waals surface area contributed by atoms with Crippen LogP contribution in [0, 0.1) is 10.1 Å². The number of aryl methyl sites for hydroxylation is 1. The highest BCUT2D eigenvalue weighted by molar-refractivity contribution is 5.94. The Morgan fingerprint density at radius 2 is 2.19 bits per heavy atom. The molecule has 2 rings (SSSR count). The van der Waals surface area contributed by atoms with Crippen LogP contribution in [0.3, 0.4) is 0 Å². The second-order valence-corrected chi connectivity index (χ2v) is 4.61. The zero-order chi connectivity index (χ0) is 15.4. The van der Waals surface area contributed by atoms with Gasteiger partial charge >= 0.3 is 5.69 Å². The van der Waals surface area contributed by atoms with Crippen LogP contribution in [0.4, 0.5) is 11.4 Å². The molecule has 0 radical (unpaired) electrons. The van der Waals surface area contributed by atoms with Crippen LogP contribution in [0.25, 0.3) is 0 Å². The number of hydrogen-bond acceptors (Lipinski definition) is 4. The number of nitrogens with one attached hydrogen (secondary N) is 1. The Morgan fingerprint density at radius 1 is 1.48 bits per heavy atom. The number of nitro groups is 1. The van der Waals surface area contributed by atoms with Crippen LogP contribution in [-0.2, 0) is 11.2 Å². The summed E-state index contributed by atoms with van der Waals surface area (Å²) in [5.74, 6) is -0.270. The first-order valence-corrected chi connectivity index (χ1v) is 6.60. The molecule has 1 N–H and O–H groups in total. The Bertz CT molecular complexity index is 666. The molecule has 7 heteroatoms. The smallest absolute Gasteiger partial charge is 0.307 e. The highest BCUT2D eigenvalue weighted by Gasteiger charge is 2.19. The molecule has 2 aromatic rings. The van der Waals surface area contributed by atoms with Crippen LogP contribution >= 0.6 is 0 Å². The van der Waals surface area contributed by atoms with Crippen molar-refractivity contribution in [1.29, 1.82) is 0 Å². The Labute approximate surface area is 121 Å². The first kappa shape index (κ1) is 14.7. The normalized spacial score (nSPS) is 11.9. The summed E-state index contributed by atoms with van der Waals surface area (Å²) in [5, 5.41) is 17.3. The summed E-state index contributed by atoms with van der Waals surface area (Å²) >= 11 is 0. The molecule has 1 aromatic carbocycles. The minimum Gasteiger partial charge on any atom is -0.324 e. The van der Waals surface area contributed by atoms with Crippen molar-refractivity contribution in [3.63, 3.8) is 0 Å². The minimum absolute atomic E-state index is 0.136. The number of benzene rings is 1. The molecule has 0 saturated carbocycles. The summed E-state index contributed by atoms with van der Waals surface area (Å²) in [5.41, 5.74) is 1.65. The fraction of sp³-hybridized carbons (Fsp3) is 0.286. The van der Waals surface area contributed by atoms with Gasteiger partial charge in [0.15, 0.2) is 0 Å². The van der Waals surface area contributed by atoms with E-state index in [-0.39, 0.29) is 11.6 Å². The van der Waals surface area contributed by atoms with Crippen LogP contribution in [-0.4, -0.2) is 20.6 Å². The first-order valence-electron chi connectivity index (χ1n) is 6.60. The molecule has 1 heterocycles. The zero-order valence-corrected chi connectivity index (χ0v) is 11.8. The van der Waals surface area contributed by atoms with Gasteiger partial charge in [-0.05, 0) is 25.0 Å². The molecule has 1 atom stereocenters. The van der Waals surface area contributed by atoms with Gasteiger partial charge in [-0.2, -0.15) is 5.10 Å². The molecule has 0 aliphatic rings. The first-order chi connectivity index (χ1) is 10.0. The van der Waals surface area contributed by atoms with Gasteiger partial charge in [0.2, 0.25) is 5.91 Å². The average molecular weight is 288 g/mol. The van der Waals surface area contributed by atoms with Crippen molar-refractivity contribution in [2.24, 2.45) is 0 Å². The topological polar surface area (TPSA) is 90.1 Å². The van der Waals surface area contributed by atoms with Crippen molar-refractivity contribution in [2.75, 3.05) is 5.32 Å². The molecule has 21 heavy (non-hydrogen) atoms. The van der Waals surface area contributed by atoms with Crippen LogP contribution in [0.2, 0.25) is 0 Å². The minimum atomic E-state index is -0.636. The van der Waals surface area contributed by atoms with Gasteiger partial charge in [0.05, 0.1) is 4.92 Å². The summed E-state index contributed by atoms with van der Waals surface area (Å²) in [6.07, 6.45) is 3.18. The maximum atomic E-state index is 12.2. The standard InChI is InChI=1S/C14H16N4O3/c1-3-11-6-4-5-7-13(11)16-14(19)10(2)17-9-12(8-15-17)18(20)21/h4-10H,3H2,1-2H3,(H,16,19)/t10-/m0/s1. The molecule has 0 fully saturated rings.